The maximum Gasteiger partial charge on any atom is 0.0622 e. The van der Waals surface area contributed by atoms with Crippen LogP contribution in [0.15, 0.2) is 42.7 Å². The average Bonchev–Trinajstić information content (AvgIpc) is 2.32. The maximum absolute atomic E-state index is 6.46. The number of benzene rings is 1. The lowest BCUT2D eigenvalue weighted by Gasteiger charge is -2.27. The van der Waals surface area contributed by atoms with E-state index in [0.717, 1.165) is 11.1 Å². The Balaban J connectivity index is 2.33. The van der Waals surface area contributed by atoms with E-state index in [4.69, 9.17) is 17.3 Å². The number of halogens is 1. The number of aryl methyl sites for hydroxylation is 1. The van der Waals surface area contributed by atoms with Crippen molar-refractivity contribution in [2.75, 3.05) is 0 Å². The standard InChI is InChI=1S/C15H17ClN2/c1-11-5-3-4-6-13(11)15(2,17)9-12-7-8-18-10-14(12)16/h3-8,10H,9,17H2,1-2H3. The van der Waals surface area contributed by atoms with Crippen LogP contribution in [0.25, 0.3) is 0 Å². The van der Waals surface area contributed by atoms with Crippen molar-refractivity contribution in [2.45, 2.75) is 25.8 Å². The third-order valence-electron chi connectivity index (χ3n) is 3.17. The highest BCUT2D eigenvalue weighted by Crippen LogP contribution is 2.27. The molecule has 2 N–H and O–H groups in total. The molecule has 2 aromatic rings. The van der Waals surface area contributed by atoms with Crippen molar-refractivity contribution in [1.82, 2.24) is 4.98 Å². The van der Waals surface area contributed by atoms with E-state index in [0.29, 0.717) is 11.4 Å². The van der Waals surface area contributed by atoms with Gasteiger partial charge >= 0.3 is 0 Å². The van der Waals surface area contributed by atoms with E-state index in [9.17, 15) is 0 Å². The van der Waals surface area contributed by atoms with E-state index in [-0.39, 0.29) is 0 Å². The Morgan fingerprint density at radius 3 is 2.67 bits per heavy atom. The van der Waals surface area contributed by atoms with Crippen LogP contribution in [0, 0.1) is 6.92 Å². The lowest BCUT2D eigenvalue weighted by atomic mass is 9.84. The first-order chi connectivity index (χ1) is 8.50. The van der Waals surface area contributed by atoms with Crippen LogP contribution >= 0.6 is 11.6 Å². The van der Waals surface area contributed by atoms with Gasteiger partial charge in [0.1, 0.15) is 0 Å². The Kier molecular flexibility index (Phi) is 3.69. The van der Waals surface area contributed by atoms with Gasteiger partial charge in [0.15, 0.2) is 0 Å². The Hall–Kier alpha value is -1.38. The molecule has 94 valence electrons. The second-order valence-corrected chi connectivity index (χ2v) is 5.28. The van der Waals surface area contributed by atoms with Gasteiger partial charge in [0, 0.05) is 17.9 Å². The molecule has 0 spiro atoms. The molecule has 1 heterocycles. The third kappa shape index (κ3) is 2.71. The molecule has 0 aliphatic rings. The summed E-state index contributed by atoms with van der Waals surface area (Å²) < 4.78 is 0. The van der Waals surface area contributed by atoms with Gasteiger partial charge in [0.25, 0.3) is 0 Å². The fourth-order valence-electron chi connectivity index (χ4n) is 2.25. The van der Waals surface area contributed by atoms with Crippen LogP contribution in [-0.2, 0) is 12.0 Å². The zero-order chi connectivity index (χ0) is 13.2. The van der Waals surface area contributed by atoms with Crippen molar-refractivity contribution in [3.05, 3.63) is 64.4 Å². The SMILES string of the molecule is Cc1ccccc1C(C)(N)Cc1ccncc1Cl. The zero-order valence-electron chi connectivity index (χ0n) is 10.7. The molecule has 1 atom stereocenters. The second kappa shape index (κ2) is 5.09. The quantitative estimate of drug-likeness (QED) is 0.918. The first kappa shape index (κ1) is 13.1. The first-order valence-corrected chi connectivity index (χ1v) is 6.32. The molecule has 0 saturated heterocycles. The summed E-state index contributed by atoms with van der Waals surface area (Å²) in [6.45, 7) is 4.11. The minimum Gasteiger partial charge on any atom is -0.321 e. The van der Waals surface area contributed by atoms with Gasteiger partial charge in [-0.1, -0.05) is 35.9 Å². The number of hydrogen-bond donors (Lipinski definition) is 1. The lowest BCUT2D eigenvalue weighted by molar-refractivity contribution is 0.488. The molecule has 1 aromatic carbocycles. The Morgan fingerprint density at radius 2 is 2.00 bits per heavy atom. The molecule has 1 aromatic heterocycles. The van der Waals surface area contributed by atoms with Gasteiger partial charge in [-0.05, 0) is 43.0 Å². The number of nitrogens with zero attached hydrogens (tertiary/aromatic N) is 1. The fourth-order valence-corrected chi connectivity index (χ4v) is 2.44. The monoisotopic (exact) mass is 260 g/mol. The highest BCUT2D eigenvalue weighted by atomic mass is 35.5. The summed E-state index contributed by atoms with van der Waals surface area (Å²) in [4.78, 5) is 3.99. The minimum absolute atomic E-state index is 0.434. The van der Waals surface area contributed by atoms with E-state index in [1.165, 1.54) is 5.56 Å². The number of pyridine rings is 1. The predicted molar refractivity (Wildman–Crippen MR) is 75.7 cm³/mol. The zero-order valence-corrected chi connectivity index (χ0v) is 11.4. The second-order valence-electron chi connectivity index (χ2n) is 4.88. The molecule has 1 unspecified atom stereocenters. The molecule has 0 amide bonds. The smallest absolute Gasteiger partial charge is 0.0622 e. The van der Waals surface area contributed by atoms with Crippen LogP contribution in [0.4, 0.5) is 0 Å². The molecule has 0 aliphatic carbocycles. The number of aromatic nitrogens is 1. The van der Waals surface area contributed by atoms with Crippen LogP contribution in [0.3, 0.4) is 0 Å². The van der Waals surface area contributed by atoms with Gasteiger partial charge in [-0.15, -0.1) is 0 Å². The molecule has 0 radical (unpaired) electrons. The summed E-state index contributed by atoms with van der Waals surface area (Å²) in [6, 6.07) is 10.1. The van der Waals surface area contributed by atoms with E-state index in [1.807, 2.05) is 25.1 Å². The molecule has 18 heavy (non-hydrogen) atoms. The van der Waals surface area contributed by atoms with Crippen molar-refractivity contribution < 1.29 is 0 Å². The highest BCUT2D eigenvalue weighted by Gasteiger charge is 2.24. The van der Waals surface area contributed by atoms with Gasteiger partial charge in [0.05, 0.1) is 5.02 Å². The van der Waals surface area contributed by atoms with Crippen LogP contribution in [0.1, 0.15) is 23.6 Å². The minimum atomic E-state index is -0.434. The van der Waals surface area contributed by atoms with E-state index in [2.05, 4.69) is 24.0 Å². The Labute approximate surface area is 113 Å². The van der Waals surface area contributed by atoms with Gasteiger partial charge in [0.2, 0.25) is 0 Å². The first-order valence-electron chi connectivity index (χ1n) is 5.94. The summed E-state index contributed by atoms with van der Waals surface area (Å²) >= 11 is 6.14. The van der Waals surface area contributed by atoms with Crippen molar-refractivity contribution in [3.8, 4) is 0 Å². The molecule has 0 aliphatic heterocycles. The lowest BCUT2D eigenvalue weighted by Crippen LogP contribution is -2.36. The van der Waals surface area contributed by atoms with Gasteiger partial charge in [-0.25, -0.2) is 0 Å². The molecule has 2 rings (SSSR count). The van der Waals surface area contributed by atoms with Gasteiger partial charge in [-0.3, -0.25) is 4.98 Å². The van der Waals surface area contributed by atoms with Crippen molar-refractivity contribution in [3.63, 3.8) is 0 Å². The maximum atomic E-state index is 6.46. The number of hydrogen-bond acceptors (Lipinski definition) is 2. The predicted octanol–water partition coefficient (Wildman–Crippen LogP) is 3.46. The number of nitrogens with two attached hydrogens (primary N) is 1. The van der Waals surface area contributed by atoms with E-state index in [1.54, 1.807) is 12.4 Å². The van der Waals surface area contributed by atoms with Crippen molar-refractivity contribution in [2.24, 2.45) is 5.73 Å². The summed E-state index contributed by atoms with van der Waals surface area (Å²) in [7, 11) is 0. The molecular weight excluding hydrogens is 244 g/mol. The number of rotatable bonds is 3. The summed E-state index contributed by atoms with van der Waals surface area (Å²) in [6.07, 6.45) is 4.10. The normalized spacial score (nSPS) is 14.2. The molecule has 0 fully saturated rings. The molecule has 0 bridgehead atoms. The average molecular weight is 261 g/mol. The van der Waals surface area contributed by atoms with Crippen molar-refractivity contribution in [1.29, 1.82) is 0 Å². The van der Waals surface area contributed by atoms with Gasteiger partial charge < -0.3 is 5.73 Å². The molecular formula is C15H17ClN2. The summed E-state index contributed by atoms with van der Waals surface area (Å²) in [5.74, 6) is 0. The van der Waals surface area contributed by atoms with E-state index >= 15 is 0 Å². The topological polar surface area (TPSA) is 38.9 Å². The molecule has 3 heteroatoms. The Bertz CT molecular complexity index is 550. The van der Waals surface area contributed by atoms with Crippen LogP contribution < -0.4 is 5.73 Å². The Morgan fingerprint density at radius 1 is 1.28 bits per heavy atom. The van der Waals surface area contributed by atoms with E-state index < -0.39 is 5.54 Å². The summed E-state index contributed by atoms with van der Waals surface area (Å²) in [5, 5.41) is 0.669. The van der Waals surface area contributed by atoms with Crippen LogP contribution in [0.5, 0.6) is 0 Å². The largest absolute Gasteiger partial charge is 0.321 e. The molecule has 0 saturated carbocycles. The highest BCUT2D eigenvalue weighted by molar-refractivity contribution is 6.31. The van der Waals surface area contributed by atoms with Crippen LogP contribution in [0.2, 0.25) is 5.02 Å². The van der Waals surface area contributed by atoms with Crippen molar-refractivity contribution >= 4 is 11.6 Å². The van der Waals surface area contributed by atoms with Crippen LogP contribution in [-0.4, -0.2) is 4.98 Å². The third-order valence-corrected chi connectivity index (χ3v) is 3.51. The summed E-state index contributed by atoms with van der Waals surface area (Å²) in [5.41, 5.74) is 9.41. The fraction of sp³-hybridized carbons (Fsp3) is 0.267. The molecule has 2 nitrogen and oxygen atoms in total. The van der Waals surface area contributed by atoms with Gasteiger partial charge in [-0.2, -0.15) is 0 Å².